The first-order valence-corrected chi connectivity index (χ1v) is 4.98. The summed E-state index contributed by atoms with van der Waals surface area (Å²) in [7, 11) is 0. The highest BCUT2D eigenvalue weighted by molar-refractivity contribution is 9.09. The van der Waals surface area contributed by atoms with Gasteiger partial charge in [0.05, 0.1) is 4.92 Å². The van der Waals surface area contributed by atoms with Crippen molar-refractivity contribution in [1.82, 2.24) is 0 Å². The third kappa shape index (κ3) is 3.32. The van der Waals surface area contributed by atoms with Crippen LogP contribution in [0.3, 0.4) is 0 Å². The molecule has 0 spiro atoms. The first-order chi connectivity index (χ1) is 7.00. The van der Waals surface area contributed by atoms with Crippen LogP contribution in [0, 0.1) is 10.1 Å². The molecular formula is C9H8BrNO4. The lowest BCUT2D eigenvalue weighted by atomic mass is 10.2. The quantitative estimate of drug-likeness (QED) is 0.367. The summed E-state index contributed by atoms with van der Waals surface area (Å²) in [5.41, 5.74) is 0.650. The highest BCUT2D eigenvalue weighted by atomic mass is 79.9. The van der Waals surface area contributed by atoms with Gasteiger partial charge in [0.2, 0.25) is 0 Å². The fourth-order valence-corrected chi connectivity index (χ4v) is 1.53. The van der Waals surface area contributed by atoms with E-state index in [1.807, 2.05) is 0 Å². The van der Waals surface area contributed by atoms with Gasteiger partial charge < -0.3 is 4.74 Å². The van der Waals surface area contributed by atoms with Crippen molar-refractivity contribution in [2.45, 2.75) is 11.9 Å². The van der Waals surface area contributed by atoms with Crippen molar-refractivity contribution in [2.75, 3.05) is 0 Å². The average Bonchev–Trinajstić information content (AvgIpc) is 2.17. The van der Waals surface area contributed by atoms with Crippen molar-refractivity contribution in [2.24, 2.45) is 0 Å². The smallest absolute Gasteiger partial charge is 0.304 e. The first kappa shape index (κ1) is 11.6. The van der Waals surface area contributed by atoms with Gasteiger partial charge in [0.15, 0.2) is 5.01 Å². The van der Waals surface area contributed by atoms with Gasteiger partial charge in [-0.3, -0.25) is 14.9 Å². The molecule has 6 heteroatoms. The van der Waals surface area contributed by atoms with E-state index in [0.717, 1.165) is 0 Å². The summed E-state index contributed by atoms with van der Waals surface area (Å²) in [6.45, 7) is 1.29. The van der Waals surface area contributed by atoms with E-state index in [4.69, 9.17) is 4.74 Å². The first-order valence-electron chi connectivity index (χ1n) is 4.06. The van der Waals surface area contributed by atoms with Gasteiger partial charge in [-0.25, -0.2) is 0 Å². The van der Waals surface area contributed by atoms with Gasteiger partial charge in [-0.2, -0.15) is 0 Å². The molecule has 1 atom stereocenters. The number of carbonyl (C=O) groups is 1. The summed E-state index contributed by atoms with van der Waals surface area (Å²) in [6, 6.07) is 5.77. The topological polar surface area (TPSA) is 69.4 Å². The molecule has 0 aromatic heterocycles. The van der Waals surface area contributed by atoms with Crippen LogP contribution < -0.4 is 0 Å². The zero-order valence-electron chi connectivity index (χ0n) is 7.84. The molecule has 5 nitrogen and oxygen atoms in total. The largest absolute Gasteiger partial charge is 0.446 e. The second-order valence-electron chi connectivity index (χ2n) is 2.77. The number of hydrogen-bond acceptors (Lipinski definition) is 4. The maximum Gasteiger partial charge on any atom is 0.304 e. The fraction of sp³-hybridized carbons (Fsp3) is 0.222. The van der Waals surface area contributed by atoms with Gasteiger partial charge in [-0.05, 0) is 28.1 Å². The molecule has 0 radical (unpaired) electrons. The van der Waals surface area contributed by atoms with Crippen LogP contribution in [0.2, 0.25) is 0 Å². The van der Waals surface area contributed by atoms with Crippen LogP contribution in [0.5, 0.6) is 0 Å². The lowest BCUT2D eigenvalue weighted by Crippen LogP contribution is -2.02. The molecule has 0 fully saturated rings. The summed E-state index contributed by atoms with van der Waals surface area (Å²) in [6.07, 6.45) is 0. The number of nitro groups is 1. The Labute approximate surface area is 94.3 Å². The van der Waals surface area contributed by atoms with Crippen LogP contribution in [0.1, 0.15) is 17.5 Å². The number of hydrogen-bond donors (Lipinski definition) is 0. The van der Waals surface area contributed by atoms with Crippen LogP contribution >= 0.6 is 15.9 Å². The van der Waals surface area contributed by atoms with Crippen molar-refractivity contribution in [3.05, 3.63) is 39.9 Å². The molecule has 0 bridgehead atoms. The highest BCUT2D eigenvalue weighted by Crippen LogP contribution is 2.25. The van der Waals surface area contributed by atoms with E-state index in [-0.39, 0.29) is 5.69 Å². The predicted octanol–water partition coefficient (Wildman–Crippen LogP) is 2.55. The Hall–Kier alpha value is -1.43. The van der Waals surface area contributed by atoms with Gasteiger partial charge in [-0.1, -0.05) is 0 Å². The fourth-order valence-electron chi connectivity index (χ4n) is 0.961. The Morgan fingerprint density at radius 2 is 2.00 bits per heavy atom. The van der Waals surface area contributed by atoms with E-state index >= 15 is 0 Å². The second-order valence-corrected chi connectivity index (χ2v) is 3.61. The number of halogens is 1. The molecule has 0 aliphatic heterocycles. The van der Waals surface area contributed by atoms with Crippen molar-refractivity contribution in [3.8, 4) is 0 Å². The van der Waals surface area contributed by atoms with E-state index < -0.39 is 15.9 Å². The van der Waals surface area contributed by atoms with E-state index in [1.54, 1.807) is 0 Å². The maximum atomic E-state index is 10.6. The van der Waals surface area contributed by atoms with E-state index in [9.17, 15) is 14.9 Å². The summed E-state index contributed by atoms with van der Waals surface area (Å²) in [5, 5.41) is 9.79. The Balaban J connectivity index is 2.79. The predicted molar refractivity (Wildman–Crippen MR) is 56.5 cm³/mol. The van der Waals surface area contributed by atoms with Gasteiger partial charge in [0.1, 0.15) is 0 Å². The molecule has 0 aliphatic rings. The minimum Gasteiger partial charge on any atom is -0.446 e. The highest BCUT2D eigenvalue weighted by Gasteiger charge is 2.12. The van der Waals surface area contributed by atoms with Crippen molar-refractivity contribution in [1.29, 1.82) is 0 Å². The number of nitro benzene ring substituents is 1. The normalized spacial score (nSPS) is 11.9. The third-order valence-electron chi connectivity index (χ3n) is 1.64. The number of nitrogens with zero attached hydrogens (tertiary/aromatic N) is 1. The number of non-ortho nitro benzene ring substituents is 1. The zero-order valence-corrected chi connectivity index (χ0v) is 9.43. The molecule has 0 N–H and O–H groups in total. The number of esters is 1. The summed E-state index contributed by atoms with van der Waals surface area (Å²) < 4.78 is 4.84. The number of ether oxygens (including phenoxy) is 1. The SMILES string of the molecule is CC(=O)OC(Br)c1ccc([N+](=O)[O-])cc1. The molecule has 80 valence electrons. The molecule has 0 heterocycles. The van der Waals surface area contributed by atoms with Crippen LogP contribution in [0.25, 0.3) is 0 Å². The van der Waals surface area contributed by atoms with Crippen molar-refractivity contribution in [3.63, 3.8) is 0 Å². The lowest BCUT2D eigenvalue weighted by Gasteiger charge is -2.09. The molecule has 0 amide bonds. The minimum atomic E-state index is -0.573. The molecule has 1 aromatic carbocycles. The molecule has 1 aromatic rings. The summed E-state index contributed by atoms with van der Waals surface area (Å²) >= 11 is 3.14. The summed E-state index contributed by atoms with van der Waals surface area (Å²) in [5.74, 6) is -0.421. The van der Waals surface area contributed by atoms with Crippen LogP contribution in [-0.2, 0) is 9.53 Å². The maximum absolute atomic E-state index is 10.6. The monoisotopic (exact) mass is 273 g/mol. The van der Waals surface area contributed by atoms with E-state index in [1.165, 1.54) is 31.2 Å². The van der Waals surface area contributed by atoms with Gasteiger partial charge in [-0.15, -0.1) is 0 Å². The number of benzene rings is 1. The molecular weight excluding hydrogens is 266 g/mol. The van der Waals surface area contributed by atoms with Gasteiger partial charge >= 0.3 is 5.97 Å². The van der Waals surface area contributed by atoms with Gasteiger partial charge in [0.25, 0.3) is 5.69 Å². The van der Waals surface area contributed by atoms with Crippen LogP contribution in [0.4, 0.5) is 5.69 Å². The van der Waals surface area contributed by atoms with Gasteiger partial charge in [0, 0.05) is 24.6 Å². The molecule has 0 aliphatic carbocycles. The Morgan fingerprint density at radius 3 is 2.40 bits per heavy atom. The standard InChI is InChI=1S/C9H8BrNO4/c1-6(12)15-9(10)7-2-4-8(5-3-7)11(13)14/h2-5,9H,1H3. The number of rotatable bonds is 3. The van der Waals surface area contributed by atoms with E-state index in [0.29, 0.717) is 5.56 Å². The second kappa shape index (κ2) is 4.88. The molecule has 1 unspecified atom stereocenters. The molecule has 0 saturated heterocycles. The Bertz CT molecular complexity index is 376. The zero-order chi connectivity index (χ0) is 11.4. The average molecular weight is 274 g/mol. The summed E-state index contributed by atoms with van der Waals surface area (Å²) in [4.78, 5) is 20.5. The van der Waals surface area contributed by atoms with E-state index in [2.05, 4.69) is 15.9 Å². The Morgan fingerprint density at radius 1 is 1.47 bits per heavy atom. The lowest BCUT2D eigenvalue weighted by molar-refractivity contribution is -0.384. The van der Waals surface area contributed by atoms with Crippen LogP contribution in [-0.4, -0.2) is 10.9 Å². The third-order valence-corrected chi connectivity index (χ3v) is 2.35. The Kier molecular flexibility index (Phi) is 3.79. The minimum absolute atomic E-state index is 0.00118. The molecule has 15 heavy (non-hydrogen) atoms. The van der Waals surface area contributed by atoms with Crippen molar-refractivity contribution >= 4 is 27.6 Å². The number of carbonyl (C=O) groups excluding carboxylic acids is 1. The molecule has 0 saturated carbocycles. The van der Waals surface area contributed by atoms with Crippen LogP contribution in [0.15, 0.2) is 24.3 Å². The van der Waals surface area contributed by atoms with Crippen molar-refractivity contribution < 1.29 is 14.5 Å². The number of alkyl halides is 1. The molecule has 1 rings (SSSR count).